The van der Waals surface area contributed by atoms with Crippen molar-refractivity contribution in [1.82, 2.24) is 9.97 Å². The van der Waals surface area contributed by atoms with E-state index in [0.717, 1.165) is 27.1 Å². The number of rotatable bonds is 6. The minimum absolute atomic E-state index is 0.0779. The summed E-state index contributed by atoms with van der Waals surface area (Å²) in [6.45, 7) is 5.00. The molecule has 0 aliphatic carbocycles. The van der Waals surface area contributed by atoms with Gasteiger partial charge in [0.05, 0.1) is 23.4 Å². The molecule has 0 radical (unpaired) electrons. The van der Waals surface area contributed by atoms with Crippen LogP contribution in [-0.4, -0.2) is 22.5 Å². The normalized spacial score (nSPS) is 10.8. The molecule has 0 saturated heterocycles. The summed E-state index contributed by atoms with van der Waals surface area (Å²) in [5.74, 6) is 0.728. The summed E-state index contributed by atoms with van der Waals surface area (Å²) < 4.78 is 6.59. The number of hydrogen-bond donors (Lipinski definition) is 0. The first-order valence-electron chi connectivity index (χ1n) is 9.45. The molecule has 6 heteroatoms. The Morgan fingerprint density at radius 2 is 1.83 bits per heavy atom. The average Bonchev–Trinajstić information content (AvgIpc) is 3.16. The lowest BCUT2D eigenvalue weighted by atomic mass is 10.1. The third-order valence-corrected chi connectivity index (χ3v) is 5.57. The Morgan fingerprint density at radius 1 is 1.07 bits per heavy atom. The zero-order valence-corrected chi connectivity index (χ0v) is 17.1. The van der Waals surface area contributed by atoms with Crippen molar-refractivity contribution in [3.05, 3.63) is 83.7 Å². The second-order valence-corrected chi connectivity index (χ2v) is 7.68. The Kier molecular flexibility index (Phi) is 5.53. The van der Waals surface area contributed by atoms with Gasteiger partial charge in [-0.3, -0.25) is 14.7 Å². The van der Waals surface area contributed by atoms with Crippen molar-refractivity contribution in [2.24, 2.45) is 0 Å². The van der Waals surface area contributed by atoms with E-state index in [1.807, 2.05) is 68.4 Å². The minimum Gasteiger partial charge on any atom is -0.494 e. The Hall–Kier alpha value is -3.25. The maximum Gasteiger partial charge on any atom is 0.260 e. The van der Waals surface area contributed by atoms with Gasteiger partial charge < -0.3 is 4.74 Å². The number of fused-ring (bicyclic) bond motifs is 1. The fraction of sp³-hybridized carbons (Fsp3) is 0.174. The molecule has 2 aromatic carbocycles. The van der Waals surface area contributed by atoms with Gasteiger partial charge in [0.2, 0.25) is 0 Å². The lowest BCUT2D eigenvalue weighted by Crippen LogP contribution is -2.30. The standard InChI is InChI=1S/C23H21N3O2S/c1-3-28-19-8-9-20-21(14-19)29-23(25-20)26(15-17-10-12-24-13-11-17)22(27)18-6-4-16(2)5-7-18/h4-14H,3,15H2,1-2H3. The van der Waals surface area contributed by atoms with Crippen LogP contribution in [0.4, 0.5) is 5.13 Å². The molecular formula is C23H21N3O2S. The number of carbonyl (C=O) groups excluding carboxylic acids is 1. The van der Waals surface area contributed by atoms with Gasteiger partial charge in [0.15, 0.2) is 5.13 Å². The van der Waals surface area contributed by atoms with Gasteiger partial charge in [-0.2, -0.15) is 0 Å². The van der Waals surface area contributed by atoms with Crippen molar-refractivity contribution in [2.75, 3.05) is 11.5 Å². The van der Waals surface area contributed by atoms with Gasteiger partial charge in [-0.1, -0.05) is 29.0 Å². The fourth-order valence-electron chi connectivity index (χ4n) is 3.01. The third kappa shape index (κ3) is 4.27. The fourth-order valence-corrected chi connectivity index (χ4v) is 4.01. The molecule has 0 N–H and O–H groups in total. The Balaban J connectivity index is 1.73. The monoisotopic (exact) mass is 403 g/mol. The van der Waals surface area contributed by atoms with Crippen LogP contribution in [-0.2, 0) is 6.54 Å². The zero-order valence-electron chi connectivity index (χ0n) is 16.3. The van der Waals surface area contributed by atoms with Crippen LogP contribution in [0.25, 0.3) is 10.2 Å². The van der Waals surface area contributed by atoms with Crippen LogP contribution in [0.1, 0.15) is 28.4 Å². The summed E-state index contributed by atoms with van der Waals surface area (Å²) in [4.78, 5) is 23.9. The van der Waals surface area contributed by atoms with Gasteiger partial charge in [0.1, 0.15) is 5.75 Å². The predicted octanol–water partition coefficient (Wildman–Crippen LogP) is 5.25. The summed E-state index contributed by atoms with van der Waals surface area (Å²) in [7, 11) is 0. The molecule has 5 nitrogen and oxygen atoms in total. The highest BCUT2D eigenvalue weighted by Gasteiger charge is 2.22. The summed E-state index contributed by atoms with van der Waals surface area (Å²) >= 11 is 1.49. The molecule has 29 heavy (non-hydrogen) atoms. The number of amides is 1. The molecular weight excluding hydrogens is 382 g/mol. The van der Waals surface area contributed by atoms with Crippen LogP contribution >= 0.6 is 11.3 Å². The number of ether oxygens (including phenoxy) is 1. The van der Waals surface area contributed by atoms with Crippen LogP contribution in [0.5, 0.6) is 5.75 Å². The van der Waals surface area contributed by atoms with Crippen LogP contribution < -0.4 is 9.64 Å². The van der Waals surface area contributed by atoms with E-state index in [9.17, 15) is 4.79 Å². The number of carbonyl (C=O) groups is 1. The first-order valence-corrected chi connectivity index (χ1v) is 10.3. The van der Waals surface area contributed by atoms with Gasteiger partial charge in [-0.15, -0.1) is 0 Å². The van der Waals surface area contributed by atoms with E-state index in [4.69, 9.17) is 9.72 Å². The molecule has 0 aliphatic rings. The molecule has 2 aromatic heterocycles. The lowest BCUT2D eigenvalue weighted by Gasteiger charge is -2.20. The van der Waals surface area contributed by atoms with Gasteiger partial charge in [0.25, 0.3) is 5.91 Å². The predicted molar refractivity (Wildman–Crippen MR) is 117 cm³/mol. The third-order valence-electron chi connectivity index (χ3n) is 4.52. The van der Waals surface area contributed by atoms with E-state index < -0.39 is 0 Å². The molecule has 0 spiro atoms. The second kappa shape index (κ2) is 8.41. The molecule has 0 saturated carbocycles. The van der Waals surface area contributed by atoms with E-state index in [1.54, 1.807) is 17.3 Å². The van der Waals surface area contributed by atoms with E-state index >= 15 is 0 Å². The highest BCUT2D eigenvalue weighted by Crippen LogP contribution is 2.33. The number of nitrogens with zero attached hydrogens (tertiary/aromatic N) is 3. The first kappa shape index (κ1) is 19.1. The molecule has 0 bridgehead atoms. The number of aryl methyl sites for hydroxylation is 1. The number of anilines is 1. The number of hydrogen-bond acceptors (Lipinski definition) is 5. The van der Waals surface area contributed by atoms with Gasteiger partial charge in [0, 0.05) is 18.0 Å². The number of pyridine rings is 1. The molecule has 4 rings (SSSR count). The molecule has 2 heterocycles. The minimum atomic E-state index is -0.0779. The van der Waals surface area contributed by atoms with Gasteiger partial charge in [-0.05, 0) is 61.9 Å². The number of thiazole rings is 1. The summed E-state index contributed by atoms with van der Waals surface area (Å²) in [6.07, 6.45) is 3.47. The smallest absolute Gasteiger partial charge is 0.260 e. The van der Waals surface area contributed by atoms with E-state index in [0.29, 0.717) is 23.8 Å². The zero-order chi connectivity index (χ0) is 20.2. The highest BCUT2D eigenvalue weighted by atomic mass is 32.1. The number of aromatic nitrogens is 2. The molecule has 0 atom stereocenters. The highest BCUT2D eigenvalue weighted by molar-refractivity contribution is 7.22. The molecule has 1 amide bonds. The maximum absolute atomic E-state index is 13.4. The van der Waals surface area contributed by atoms with Gasteiger partial charge >= 0.3 is 0 Å². The second-order valence-electron chi connectivity index (χ2n) is 6.67. The largest absolute Gasteiger partial charge is 0.494 e. The molecule has 4 aromatic rings. The van der Waals surface area contributed by atoms with Crippen molar-refractivity contribution >= 4 is 32.6 Å². The van der Waals surface area contributed by atoms with Gasteiger partial charge in [-0.25, -0.2) is 4.98 Å². The first-order chi connectivity index (χ1) is 14.1. The Bertz CT molecular complexity index is 1120. The van der Waals surface area contributed by atoms with Crippen molar-refractivity contribution in [2.45, 2.75) is 20.4 Å². The topological polar surface area (TPSA) is 55.3 Å². The SMILES string of the molecule is CCOc1ccc2nc(N(Cc3ccncc3)C(=O)c3ccc(C)cc3)sc2c1. The Labute approximate surface area is 173 Å². The summed E-state index contributed by atoms with van der Waals surface area (Å²) in [5, 5.41) is 0.663. The number of benzene rings is 2. The van der Waals surface area contributed by atoms with E-state index in [-0.39, 0.29) is 5.91 Å². The Morgan fingerprint density at radius 3 is 2.55 bits per heavy atom. The van der Waals surface area contributed by atoms with E-state index in [2.05, 4.69) is 4.98 Å². The molecule has 146 valence electrons. The van der Waals surface area contributed by atoms with E-state index in [1.165, 1.54) is 11.3 Å². The van der Waals surface area contributed by atoms with Crippen molar-refractivity contribution in [1.29, 1.82) is 0 Å². The molecule has 0 aliphatic heterocycles. The lowest BCUT2D eigenvalue weighted by molar-refractivity contribution is 0.0985. The maximum atomic E-state index is 13.4. The summed E-state index contributed by atoms with van der Waals surface area (Å²) in [5.41, 5.74) is 3.60. The molecule has 0 unspecified atom stereocenters. The van der Waals surface area contributed by atoms with Crippen molar-refractivity contribution in [3.8, 4) is 5.75 Å². The van der Waals surface area contributed by atoms with Crippen molar-refractivity contribution < 1.29 is 9.53 Å². The van der Waals surface area contributed by atoms with Crippen LogP contribution in [0.3, 0.4) is 0 Å². The van der Waals surface area contributed by atoms with Crippen LogP contribution in [0, 0.1) is 6.92 Å². The average molecular weight is 404 g/mol. The van der Waals surface area contributed by atoms with Crippen LogP contribution in [0.15, 0.2) is 67.0 Å². The quantitative estimate of drug-likeness (QED) is 0.441. The van der Waals surface area contributed by atoms with Crippen molar-refractivity contribution in [3.63, 3.8) is 0 Å². The summed E-state index contributed by atoms with van der Waals surface area (Å²) in [6, 6.07) is 17.3. The van der Waals surface area contributed by atoms with Crippen LogP contribution in [0.2, 0.25) is 0 Å². The molecule has 0 fully saturated rings.